The van der Waals surface area contributed by atoms with Gasteiger partial charge in [0.2, 0.25) is 0 Å². The second-order valence-electron chi connectivity index (χ2n) is 4.01. The van der Waals surface area contributed by atoms with E-state index in [1.54, 1.807) is 14.0 Å². The number of aromatic nitrogens is 1. The monoisotopic (exact) mass is 310 g/mol. The molecule has 2 aromatic rings. The molecule has 1 heterocycles. The third-order valence-electron chi connectivity index (χ3n) is 2.64. The Balaban J connectivity index is 2.42. The first kappa shape index (κ1) is 14.8. The van der Waals surface area contributed by atoms with Gasteiger partial charge in [-0.2, -0.15) is 0 Å². The van der Waals surface area contributed by atoms with Crippen molar-refractivity contribution >= 4 is 44.3 Å². The number of carboxylic acid groups (broad SMARTS) is 1. The largest absolute Gasteiger partial charge is 0.497 e. The molecule has 0 aliphatic heterocycles. The van der Waals surface area contributed by atoms with Crippen molar-refractivity contribution in [1.29, 1.82) is 0 Å². The summed E-state index contributed by atoms with van der Waals surface area (Å²) in [4.78, 5) is 19.6. The highest BCUT2D eigenvalue weighted by atomic mass is 32.2. The highest BCUT2D eigenvalue weighted by Crippen LogP contribution is 2.28. The topological polar surface area (TPSA) is 71.8 Å². The number of ether oxygens (including phenoxy) is 1. The molecule has 1 aromatic heterocycles. The van der Waals surface area contributed by atoms with Crippen LogP contribution in [0, 0.1) is 0 Å². The van der Waals surface area contributed by atoms with Gasteiger partial charge in [0.25, 0.3) is 0 Å². The quantitative estimate of drug-likeness (QED) is 0.694. The maximum atomic E-state index is 10.9. The van der Waals surface area contributed by atoms with Crippen LogP contribution in [0.25, 0.3) is 10.2 Å². The third-order valence-corrected chi connectivity index (χ3v) is 4.48. The first-order valence-electron chi connectivity index (χ1n) is 5.84. The first-order chi connectivity index (χ1) is 9.55. The zero-order valence-corrected chi connectivity index (χ0v) is 12.9. The Labute approximate surface area is 124 Å². The number of aliphatic imine (C=N–C) groups is 1. The summed E-state index contributed by atoms with van der Waals surface area (Å²) in [6.45, 7) is 1.55. The summed E-state index contributed by atoms with van der Waals surface area (Å²) in [5, 5.41) is 10.3. The van der Waals surface area contributed by atoms with Crippen molar-refractivity contribution in [3.05, 3.63) is 23.2 Å². The van der Waals surface area contributed by atoms with Crippen LogP contribution in [-0.2, 0) is 4.79 Å². The number of hydrogen-bond acceptors (Lipinski definition) is 6. The Morgan fingerprint density at radius 2 is 2.30 bits per heavy atom. The molecule has 0 saturated heterocycles. The number of fused-ring (bicyclic) bond motifs is 1. The third kappa shape index (κ3) is 3.10. The van der Waals surface area contributed by atoms with Gasteiger partial charge in [-0.25, -0.2) is 9.78 Å². The van der Waals surface area contributed by atoms with Crippen LogP contribution in [0.2, 0.25) is 0 Å². The molecule has 0 bridgehead atoms. The molecule has 7 heteroatoms. The molecule has 0 aliphatic carbocycles. The predicted octanol–water partition coefficient (Wildman–Crippen LogP) is 2.89. The van der Waals surface area contributed by atoms with Crippen LogP contribution in [0.1, 0.15) is 11.9 Å². The maximum absolute atomic E-state index is 10.9. The molecule has 0 saturated carbocycles. The van der Waals surface area contributed by atoms with Crippen LogP contribution in [0.15, 0.2) is 23.2 Å². The molecular weight excluding hydrogens is 296 g/mol. The van der Waals surface area contributed by atoms with Gasteiger partial charge in [0, 0.05) is 0 Å². The summed E-state index contributed by atoms with van der Waals surface area (Å²) < 4.78 is 6.17. The summed E-state index contributed by atoms with van der Waals surface area (Å²) in [5.74, 6) is -0.173. The van der Waals surface area contributed by atoms with Crippen LogP contribution in [0.3, 0.4) is 0 Å². The van der Waals surface area contributed by atoms with Crippen molar-refractivity contribution < 1.29 is 14.6 Å². The van der Waals surface area contributed by atoms with Crippen molar-refractivity contribution in [1.82, 2.24) is 4.98 Å². The lowest BCUT2D eigenvalue weighted by Crippen LogP contribution is -2.15. The van der Waals surface area contributed by atoms with Crippen molar-refractivity contribution in [2.75, 3.05) is 13.4 Å². The molecular formula is C13H14N2O3S2. The van der Waals surface area contributed by atoms with Crippen molar-refractivity contribution in [3.8, 4) is 5.75 Å². The Kier molecular flexibility index (Phi) is 4.61. The second kappa shape index (κ2) is 6.23. The van der Waals surface area contributed by atoms with Gasteiger partial charge < -0.3 is 9.84 Å². The van der Waals surface area contributed by atoms with Crippen LogP contribution >= 0.6 is 23.1 Å². The van der Waals surface area contributed by atoms with Gasteiger partial charge in [-0.3, -0.25) is 4.99 Å². The van der Waals surface area contributed by atoms with E-state index in [4.69, 9.17) is 9.84 Å². The van der Waals surface area contributed by atoms with E-state index in [0.717, 1.165) is 21.0 Å². The van der Waals surface area contributed by atoms with Gasteiger partial charge >= 0.3 is 5.97 Å². The fraction of sp³-hybridized carbons (Fsp3) is 0.308. The minimum Gasteiger partial charge on any atom is -0.497 e. The van der Waals surface area contributed by atoms with E-state index in [2.05, 4.69) is 9.98 Å². The number of nitrogens with zero attached hydrogens (tertiary/aromatic N) is 2. The number of rotatable bonds is 4. The van der Waals surface area contributed by atoms with E-state index < -0.39 is 12.0 Å². The SMILES string of the molecule is COc1ccc2nc(/C(=N/[C@H](C)C(=O)O)SC)sc2c1. The van der Waals surface area contributed by atoms with Gasteiger partial charge in [-0.1, -0.05) is 0 Å². The molecule has 0 spiro atoms. The minimum absolute atomic E-state index is 0.639. The molecule has 20 heavy (non-hydrogen) atoms. The average molecular weight is 310 g/mol. The van der Waals surface area contributed by atoms with Gasteiger partial charge in [0.1, 0.15) is 21.8 Å². The van der Waals surface area contributed by atoms with Crippen molar-refractivity contribution in [2.45, 2.75) is 13.0 Å². The zero-order chi connectivity index (χ0) is 14.7. The fourth-order valence-corrected chi connectivity index (χ4v) is 3.29. The number of carbonyl (C=O) groups is 1. The lowest BCUT2D eigenvalue weighted by atomic mass is 10.3. The van der Waals surface area contributed by atoms with E-state index in [9.17, 15) is 4.79 Å². The van der Waals surface area contributed by atoms with E-state index >= 15 is 0 Å². The smallest absolute Gasteiger partial charge is 0.328 e. The van der Waals surface area contributed by atoms with Crippen LogP contribution < -0.4 is 4.74 Å². The van der Waals surface area contributed by atoms with Crippen LogP contribution in [0.5, 0.6) is 5.75 Å². The first-order valence-corrected chi connectivity index (χ1v) is 7.89. The predicted molar refractivity (Wildman–Crippen MR) is 83.3 cm³/mol. The zero-order valence-electron chi connectivity index (χ0n) is 11.3. The number of hydrogen-bond donors (Lipinski definition) is 1. The Hall–Kier alpha value is -1.60. The van der Waals surface area contributed by atoms with Crippen molar-refractivity contribution in [2.24, 2.45) is 4.99 Å². The number of methoxy groups -OCH3 is 1. The molecule has 0 aliphatic rings. The number of benzene rings is 1. The lowest BCUT2D eigenvalue weighted by molar-refractivity contribution is -0.137. The van der Waals surface area contributed by atoms with Crippen molar-refractivity contribution in [3.63, 3.8) is 0 Å². The van der Waals surface area contributed by atoms with Crippen LogP contribution in [0.4, 0.5) is 0 Å². The minimum atomic E-state index is -0.945. The summed E-state index contributed by atoms with van der Waals surface area (Å²) >= 11 is 2.87. The molecule has 1 aromatic carbocycles. The molecule has 0 unspecified atom stereocenters. The van der Waals surface area contributed by atoms with E-state index in [1.165, 1.54) is 23.1 Å². The number of aliphatic carboxylic acids is 1. The fourth-order valence-electron chi connectivity index (χ4n) is 1.55. The van der Waals surface area contributed by atoms with E-state index in [1.807, 2.05) is 24.5 Å². The summed E-state index contributed by atoms with van der Waals surface area (Å²) in [6.07, 6.45) is 1.86. The Morgan fingerprint density at radius 1 is 1.55 bits per heavy atom. The van der Waals surface area contributed by atoms with Gasteiger partial charge in [0.15, 0.2) is 0 Å². The van der Waals surface area contributed by atoms with E-state index in [-0.39, 0.29) is 0 Å². The average Bonchev–Trinajstić information content (AvgIpc) is 2.86. The standard InChI is InChI=1S/C13H14N2O3S2/c1-7(13(16)17)14-11(19-3)12-15-9-5-4-8(18-2)6-10(9)20-12/h4-7H,1-3H3,(H,16,17)/b14-11-/t7-/m1/s1. The molecule has 2 rings (SSSR count). The van der Waals surface area contributed by atoms with Gasteiger partial charge in [-0.05, 0) is 31.4 Å². The summed E-state index contributed by atoms with van der Waals surface area (Å²) in [7, 11) is 1.62. The van der Waals surface area contributed by atoms with Crippen LogP contribution in [-0.4, -0.2) is 40.5 Å². The molecule has 106 valence electrons. The molecule has 0 amide bonds. The molecule has 1 N–H and O–H groups in total. The molecule has 0 fully saturated rings. The summed E-state index contributed by atoms with van der Waals surface area (Å²) in [5.41, 5.74) is 0.857. The highest BCUT2D eigenvalue weighted by molar-refractivity contribution is 8.14. The normalized spacial score (nSPS) is 13.4. The number of thioether (sulfide) groups is 1. The lowest BCUT2D eigenvalue weighted by Gasteiger charge is -2.02. The maximum Gasteiger partial charge on any atom is 0.328 e. The second-order valence-corrected chi connectivity index (χ2v) is 5.83. The summed E-state index contributed by atoms with van der Waals surface area (Å²) in [6, 6.07) is 4.86. The number of carboxylic acids is 1. The molecule has 1 atom stereocenters. The molecule has 0 radical (unpaired) electrons. The Morgan fingerprint density at radius 3 is 2.90 bits per heavy atom. The number of thiazole rings is 1. The Bertz CT molecular complexity index is 667. The molecule has 5 nitrogen and oxygen atoms in total. The van der Waals surface area contributed by atoms with Gasteiger partial charge in [-0.15, -0.1) is 23.1 Å². The highest BCUT2D eigenvalue weighted by Gasteiger charge is 2.15. The van der Waals surface area contributed by atoms with Gasteiger partial charge in [0.05, 0.1) is 17.3 Å². The van der Waals surface area contributed by atoms with E-state index in [0.29, 0.717) is 5.04 Å².